The van der Waals surface area contributed by atoms with Gasteiger partial charge in [0.25, 0.3) is 0 Å². The zero-order chi connectivity index (χ0) is 12.2. The van der Waals surface area contributed by atoms with Gasteiger partial charge < -0.3 is 9.84 Å². The number of aliphatic hydroxyl groups is 1. The number of hydrogen-bond acceptors (Lipinski definition) is 5. The van der Waals surface area contributed by atoms with Crippen LogP contribution < -0.4 is 0 Å². The molecule has 0 spiro atoms. The largest absolute Gasteiger partial charge is 0.386 e. The van der Waals surface area contributed by atoms with E-state index < -0.39 is 18.0 Å². The number of carbonyl (C=O) groups is 1. The van der Waals surface area contributed by atoms with Gasteiger partial charge in [-0.25, -0.2) is 9.78 Å². The number of allylic oxidation sites excluding steroid dienone is 1. The highest BCUT2D eigenvalue weighted by molar-refractivity contribution is 5.89. The molecular weight excluding hydrogens is 212 g/mol. The quantitative estimate of drug-likeness (QED) is 0.443. The molecule has 1 aliphatic carbocycles. The summed E-state index contributed by atoms with van der Waals surface area (Å²) in [5.74, 6) is -0.893. The van der Waals surface area contributed by atoms with E-state index in [1.807, 2.05) is 0 Å². The maximum Gasteiger partial charge on any atom is 0.195 e. The maximum absolute atomic E-state index is 11.1. The number of carbonyl (C=O) groups excluding carboxylic acids is 1. The Hall–Kier alpha value is -0.750. The lowest BCUT2D eigenvalue weighted by molar-refractivity contribution is -0.436. The molecule has 1 aliphatic rings. The topological polar surface area (TPSA) is 65.0 Å². The molecule has 0 bridgehead atoms. The molecule has 0 aromatic carbocycles. The van der Waals surface area contributed by atoms with Crippen LogP contribution >= 0.6 is 0 Å². The molecule has 16 heavy (non-hydrogen) atoms. The summed E-state index contributed by atoms with van der Waals surface area (Å²) in [5, 5.41) is 9.65. The minimum Gasteiger partial charge on any atom is -0.386 e. The van der Waals surface area contributed by atoms with Crippen LogP contribution in [0.3, 0.4) is 0 Å². The average Bonchev–Trinajstić information content (AvgIpc) is 2.40. The fourth-order valence-electron chi connectivity index (χ4n) is 1.19. The van der Waals surface area contributed by atoms with Crippen molar-refractivity contribution in [1.82, 2.24) is 0 Å². The molecule has 0 aliphatic heterocycles. The summed E-state index contributed by atoms with van der Waals surface area (Å²) < 4.78 is 5.00. The van der Waals surface area contributed by atoms with Crippen molar-refractivity contribution in [3.8, 4) is 0 Å². The molecule has 0 aromatic rings. The highest BCUT2D eigenvalue weighted by Gasteiger charge is 2.26. The Morgan fingerprint density at radius 3 is 2.81 bits per heavy atom. The highest BCUT2D eigenvalue weighted by atomic mass is 17.2. The van der Waals surface area contributed by atoms with Crippen molar-refractivity contribution in [3.05, 3.63) is 12.2 Å². The Kier molecular flexibility index (Phi) is 4.61. The van der Waals surface area contributed by atoms with Crippen LogP contribution in [0.15, 0.2) is 12.2 Å². The van der Waals surface area contributed by atoms with Crippen molar-refractivity contribution in [2.45, 2.75) is 44.7 Å². The molecule has 92 valence electrons. The Morgan fingerprint density at radius 1 is 1.50 bits per heavy atom. The third kappa shape index (κ3) is 4.02. The molecule has 2 atom stereocenters. The van der Waals surface area contributed by atoms with Gasteiger partial charge in [-0.3, -0.25) is 4.79 Å². The molecule has 0 heterocycles. The number of rotatable bonds is 4. The summed E-state index contributed by atoms with van der Waals surface area (Å²) >= 11 is 0. The van der Waals surface area contributed by atoms with Gasteiger partial charge in [0.1, 0.15) is 12.2 Å². The maximum atomic E-state index is 11.1. The van der Waals surface area contributed by atoms with E-state index in [4.69, 9.17) is 14.5 Å². The van der Waals surface area contributed by atoms with Crippen LogP contribution in [0.25, 0.3) is 0 Å². The van der Waals surface area contributed by atoms with Crippen molar-refractivity contribution in [1.29, 1.82) is 0 Å². The number of ether oxygens (including phenoxy) is 1. The van der Waals surface area contributed by atoms with E-state index in [2.05, 4.69) is 0 Å². The molecule has 0 saturated carbocycles. The zero-order valence-electron chi connectivity index (χ0n) is 9.80. The summed E-state index contributed by atoms with van der Waals surface area (Å²) in [6.45, 7) is 3.38. The molecule has 1 rings (SSSR count). The number of aliphatic hydroxyl groups excluding tert-OH is 1. The fraction of sp³-hybridized carbons (Fsp3) is 0.727. The first-order valence-electron chi connectivity index (χ1n) is 5.23. The zero-order valence-corrected chi connectivity index (χ0v) is 9.80. The van der Waals surface area contributed by atoms with Crippen molar-refractivity contribution in [3.63, 3.8) is 0 Å². The molecule has 0 fully saturated rings. The summed E-state index contributed by atoms with van der Waals surface area (Å²) in [7, 11) is 1.50. The first kappa shape index (κ1) is 13.3. The van der Waals surface area contributed by atoms with Gasteiger partial charge in [0.2, 0.25) is 0 Å². The van der Waals surface area contributed by atoms with Crippen molar-refractivity contribution in [2.75, 3.05) is 7.11 Å². The van der Waals surface area contributed by atoms with Gasteiger partial charge in [-0.15, -0.1) is 0 Å². The van der Waals surface area contributed by atoms with Gasteiger partial charge in [-0.05, 0) is 32.4 Å². The third-order valence-corrected chi connectivity index (χ3v) is 2.40. The first-order valence-corrected chi connectivity index (χ1v) is 5.23. The molecule has 5 heteroatoms. The van der Waals surface area contributed by atoms with Crippen LogP contribution in [0, 0.1) is 0 Å². The summed E-state index contributed by atoms with van der Waals surface area (Å²) in [6.07, 6.45) is 2.18. The highest BCUT2D eigenvalue weighted by Crippen LogP contribution is 2.18. The lowest BCUT2D eigenvalue weighted by Crippen LogP contribution is -2.33. The molecule has 1 N–H and O–H groups in total. The second-order valence-corrected chi connectivity index (χ2v) is 4.18. The Morgan fingerprint density at radius 2 is 2.19 bits per heavy atom. The van der Waals surface area contributed by atoms with Gasteiger partial charge >= 0.3 is 0 Å². The molecule has 0 radical (unpaired) electrons. The van der Waals surface area contributed by atoms with Crippen LogP contribution in [-0.4, -0.2) is 36.0 Å². The second-order valence-electron chi connectivity index (χ2n) is 4.18. The average molecular weight is 230 g/mol. The van der Waals surface area contributed by atoms with Gasteiger partial charge in [0, 0.05) is 13.5 Å². The SMILES string of the molecule is COC(C)(C)OOC1CCC(=O)C=CC1O. The molecule has 2 unspecified atom stereocenters. The minimum atomic E-state index is -0.875. The van der Waals surface area contributed by atoms with Crippen LogP contribution in [-0.2, 0) is 19.3 Å². The minimum absolute atomic E-state index is 0.0175. The van der Waals surface area contributed by atoms with Crippen molar-refractivity contribution in [2.24, 2.45) is 0 Å². The Balaban J connectivity index is 2.48. The molecular formula is C11H18O5. The number of hydrogen-bond donors (Lipinski definition) is 1. The van der Waals surface area contributed by atoms with Gasteiger partial charge in [0.05, 0.1) is 0 Å². The smallest absolute Gasteiger partial charge is 0.195 e. The molecule has 5 nitrogen and oxygen atoms in total. The molecule has 0 amide bonds. The Bertz CT molecular complexity index is 272. The van der Waals surface area contributed by atoms with Crippen LogP contribution in [0.5, 0.6) is 0 Å². The van der Waals surface area contributed by atoms with E-state index in [1.54, 1.807) is 13.8 Å². The van der Waals surface area contributed by atoms with Crippen molar-refractivity contribution < 1.29 is 24.4 Å². The lowest BCUT2D eigenvalue weighted by Gasteiger charge is -2.26. The predicted octanol–water partition coefficient (Wildman–Crippen LogP) is 0.966. The van der Waals surface area contributed by atoms with Gasteiger partial charge in [-0.2, -0.15) is 0 Å². The summed E-state index contributed by atoms with van der Waals surface area (Å²) in [4.78, 5) is 21.3. The van der Waals surface area contributed by atoms with Gasteiger partial charge in [-0.1, -0.05) is 0 Å². The fourth-order valence-corrected chi connectivity index (χ4v) is 1.19. The van der Waals surface area contributed by atoms with Crippen molar-refractivity contribution >= 4 is 5.78 Å². The number of ketones is 1. The Labute approximate surface area is 94.9 Å². The molecule has 0 aromatic heterocycles. The number of methoxy groups -OCH3 is 1. The standard InChI is InChI=1S/C11H18O5/c1-11(2,14-3)16-15-10-7-5-8(12)4-6-9(10)13/h4,6,9-10,13H,5,7H2,1-3H3. The van der Waals surface area contributed by atoms with Crippen LogP contribution in [0.2, 0.25) is 0 Å². The van der Waals surface area contributed by atoms with E-state index in [0.29, 0.717) is 12.8 Å². The van der Waals surface area contributed by atoms with E-state index in [1.165, 1.54) is 19.3 Å². The van der Waals surface area contributed by atoms with E-state index >= 15 is 0 Å². The molecule has 0 saturated heterocycles. The van der Waals surface area contributed by atoms with E-state index in [0.717, 1.165) is 0 Å². The van der Waals surface area contributed by atoms with E-state index in [-0.39, 0.29) is 5.78 Å². The predicted molar refractivity (Wildman–Crippen MR) is 56.4 cm³/mol. The lowest BCUT2D eigenvalue weighted by atomic mass is 10.1. The van der Waals surface area contributed by atoms with Gasteiger partial charge in [0.15, 0.2) is 11.6 Å². The second kappa shape index (κ2) is 5.54. The first-order chi connectivity index (χ1) is 7.44. The van der Waals surface area contributed by atoms with Crippen LogP contribution in [0.4, 0.5) is 0 Å². The van der Waals surface area contributed by atoms with Crippen LogP contribution in [0.1, 0.15) is 26.7 Å². The monoisotopic (exact) mass is 230 g/mol. The third-order valence-electron chi connectivity index (χ3n) is 2.40. The van der Waals surface area contributed by atoms with E-state index in [9.17, 15) is 9.90 Å². The normalized spacial score (nSPS) is 26.9. The summed E-state index contributed by atoms with van der Waals surface area (Å²) in [6, 6.07) is 0. The summed E-state index contributed by atoms with van der Waals surface area (Å²) in [5.41, 5.74) is 0.